The third kappa shape index (κ3) is 7.44. The molecule has 0 aromatic heterocycles. The second-order valence-corrected chi connectivity index (χ2v) is 10.9. The fraction of sp³-hybridized carbons (Fsp3) is 0.759. The van der Waals surface area contributed by atoms with Crippen LogP contribution in [-0.2, 0) is 27.1 Å². The number of benzene rings is 1. The van der Waals surface area contributed by atoms with Crippen molar-refractivity contribution in [2.75, 3.05) is 46.1 Å². The lowest BCUT2D eigenvalue weighted by atomic mass is 9.73. The Kier molecular flexibility index (Phi) is 10.5. The predicted molar refractivity (Wildman–Crippen MR) is 138 cm³/mol. The van der Waals surface area contributed by atoms with Crippen molar-refractivity contribution in [2.45, 2.75) is 76.9 Å². The van der Waals surface area contributed by atoms with Crippen LogP contribution < -0.4 is 4.74 Å². The molecule has 1 heterocycles. The lowest BCUT2D eigenvalue weighted by molar-refractivity contribution is -0.139. The summed E-state index contributed by atoms with van der Waals surface area (Å²) >= 11 is 0. The highest BCUT2D eigenvalue weighted by molar-refractivity contribution is 5.68. The van der Waals surface area contributed by atoms with Crippen molar-refractivity contribution in [3.63, 3.8) is 0 Å². The largest absolute Gasteiger partial charge is 0.482 e. The summed E-state index contributed by atoms with van der Waals surface area (Å²) in [5, 5.41) is 20.1. The van der Waals surface area contributed by atoms with Crippen LogP contribution in [0, 0.1) is 17.8 Å². The molecule has 3 aliphatic rings. The molecule has 4 rings (SSSR count). The van der Waals surface area contributed by atoms with E-state index in [1.807, 2.05) is 12.1 Å². The maximum absolute atomic E-state index is 11.0. The van der Waals surface area contributed by atoms with Gasteiger partial charge in [-0.25, -0.2) is 4.79 Å². The molecule has 7 nitrogen and oxygen atoms in total. The molecular weight excluding hydrogens is 458 g/mol. The SMILES string of the molecule is CCCCCC(CCC1C2Cc3cccc(OCC(=O)O)c3CC2C[C@H]1O)OCCN1CCOCC1. The Hall–Kier alpha value is -1.67. The van der Waals surface area contributed by atoms with Crippen molar-refractivity contribution in [2.24, 2.45) is 17.8 Å². The Balaban J connectivity index is 1.33. The molecule has 202 valence electrons. The first-order valence-electron chi connectivity index (χ1n) is 14.1. The molecule has 5 atom stereocenters. The first kappa shape index (κ1) is 27.4. The van der Waals surface area contributed by atoms with E-state index < -0.39 is 5.97 Å². The third-order valence-corrected chi connectivity index (χ3v) is 8.51. The van der Waals surface area contributed by atoms with Crippen molar-refractivity contribution >= 4 is 5.97 Å². The normalized spacial score (nSPS) is 26.8. The number of aliphatic carboxylic acids is 1. The van der Waals surface area contributed by atoms with Crippen LogP contribution >= 0.6 is 0 Å². The fourth-order valence-corrected chi connectivity index (χ4v) is 6.56. The molecule has 1 aromatic carbocycles. The molecule has 2 fully saturated rings. The summed E-state index contributed by atoms with van der Waals surface area (Å²) in [5.74, 6) is 0.914. The van der Waals surface area contributed by atoms with Gasteiger partial charge in [0, 0.05) is 19.6 Å². The molecule has 2 aliphatic carbocycles. The van der Waals surface area contributed by atoms with Crippen LogP contribution in [0.4, 0.5) is 0 Å². The number of carboxylic acid groups (broad SMARTS) is 1. The average molecular weight is 504 g/mol. The van der Waals surface area contributed by atoms with Crippen LogP contribution in [0.1, 0.15) is 63.0 Å². The van der Waals surface area contributed by atoms with E-state index in [1.165, 1.54) is 24.8 Å². The molecule has 1 saturated carbocycles. The number of aliphatic hydroxyl groups excluding tert-OH is 1. The van der Waals surface area contributed by atoms with E-state index in [0.29, 0.717) is 23.5 Å². The summed E-state index contributed by atoms with van der Waals surface area (Å²) in [5.41, 5.74) is 2.39. The van der Waals surface area contributed by atoms with Gasteiger partial charge in [-0.1, -0.05) is 38.3 Å². The Morgan fingerprint density at radius 1 is 1.19 bits per heavy atom. The number of fused-ring (bicyclic) bond motifs is 2. The van der Waals surface area contributed by atoms with E-state index in [9.17, 15) is 9.90 Å². The molecule has 7 heteroatoms. The number of carbonyl (C=O) groups is 1. The van der Waals surface area contributed by atoms with Crippen LogP contribution in [0.2, 0.25) is 0 Å². The van der Waals surface area contributed by atoms with Gasteiger partial charge >= 0.3 is 5.97 Å². The maximum atomic E-state index is 11.0. The van der Waals surface area contributed by atoms with Gasteiger partial charge < -0.3 is 24.4 Å². The maximum Gasteiger partial charge on any atom is 0.341 e. The van der Waals surface area contributed by atoms with Gasteiger partial charge in [-0.2, -0.15) is 0 Å². The van der Waals surface area contributed by atoms with Gasteiger partial charge in [-0.15, -0.1) is 0 Å². The number of unbranched alkanes of at least 4 members (excludes halogenated alkanes) is 2. The number of nitrogens with zero attached hydrogens (tertiary/aromatic N) is 1. The summed E-state index contributed by atoms with van der Waals surface area (Å²) in [7, 11) is 0. The van der Waals surface area contributed by atoms with Gasteiger partial charge in [0.05, 0.1) is 32.0 Å². The summed E-state index contributed by atoms with van der Waals surface area (Å²) < 4.78 is 17.5. The second-order valence-electron chi connectivity index (χ2n) is 10.9. The Morgan fingerprint density at radius 3 is 2.81 bits per heavy atom. The number of aliphatic hydroxyl groups is 1. The number of morpholine rings is 1. The summed E-state index contributed by atoms with van der Waals surface area (Å²) in [4.78, 5) is 13.4. The fourth-order valence-electron chi connectivity index (χ4n) is 6.56. The van der Waals surface area contributed by atoms with E-state index in [-0.39, 0.29) is 18.8 Å². The minimum absolute atomic E-state index is 0.260. The van der Waals surface area contributed by atoms with Crippen LogP contribution in [-0.4, -0.2) is 79.4 Å². The molecule has 36 heavy (non-hydrogen) atoms. The quantitative estimate of drug-likeness (QED) is 0.372. The van der Waals surface area contributed by atoms with Crippen LogP contribution in [0.5, 0.6) is 5.75 Å². The van der Waals surface area contributed by atoms with E-state index in [4.69, 9.17) is 19.3 Å². The minimum atomic E-state index is -0.960. The molecule has 1 saturated heterocycles. The molecule has 0 radical (unpaired) electrons. The molecule has 0 spiro atoms. The van der Waals surface area contributed by atoms with Crippen molar-refractivity contribution in [1.29, 1.82) is 0 Å². The van der Waals surface area contributed by atoms with Crippen molar-refractivity contribution < 1.29 is 29.2 Å². The molecule has 4 unspecified atom stereocenters. The molecule has 1 aromatic rings. The van der Waals surface area contributed by atoms with Crippen LogP contribution in [0.15, 0.2) is 18.2 Å². The highest BCUT2D eigenvalue weighted by Gasteiger charge is 2.45. The molecule has 1 aliphatic heterocycles. The lowest BCUT2D eigenvalue weighted by Gasteiger charge is -2.33. The molecular formula is C29H45NO6. The highest BCUT2D eigenvalue weighted by atomic mass is 16.5. The number of hydrogen-bond acceptors (Lipinski definition) is 6. The van der Waals surface area contributed by atoms with Crippen LogP contribution in [0.25, 0.3) is 0 Å². The first-order valence-corrected chi connectivity index (χ1v) is 14.1. The summed E-state index contributed by atoms with van der Waals surface area (Å²) in [6, 6.07) is 5.98. The Morgan fingerprint density at radius 2 is 2.03 bits per heavy atom. The number of carboxylic acids is 1. The summed E-state index contributed by atoms with van der Waals surface area (Å²) in [6.45, 7) is 7.27. The van der Waals surface area contributed by atoms with Crippen LogP contribution in [0.3, 0.4) is 0 Å². The zero-order valence-corrected chi connectivity index (χ0v) is 21.9. The van der Waals surface area contributed by atoms with Crippen molar-refractivity contribution in [1.82, 2.24) is 4.90 Å². The Bertz CT molecular complexity index is 826. The van der Waals surface area contributed by atoms with Gasteiger partial charge in [0.2, 0.25) is 0 Å². The van der Waals surface area contributed by atoms with E-state index in [0.717, 1.165) is 83.5 Å². The topological polar surface area (TPSA) is 88.5 Å². The van der Waals surface area contributed by atoms with Gasteiger partial charge in [0.15, 0.2) is 6.61 Å². The van der Waals surface area contributed by atoms with Gasteiger partial charge in [-0.3, -0.25) is 4.90 Å². The molecule has 2 N–H and O–H groups in total. The second kappa shape index (κ2) is 13.8. The highest BCUT2D eigenvalue weighted by Crippen LogP contribution is 2.48. The Labute approximate surface area is 216 Å². The zero-order chi connectivity index (χ0) is 25.3. The number of ether oxygens (including phenoxy) is 3. The van der Waals surface area contributed by atoms with Gasteiger partial charge in [-0.05, 0) is 73.5 Å². The van der Waals surface area contributed by atoms with Gasteiger partial charge in [0.1, 0.15) is 5.75 Å². The standard InChI is InChI=1S/C29H45NO6/c1-2-3-4-7-23(35-16-13-30-11-14-34-15-12-30)9-10-24-25-17-21-6-5-8-28(36-20-29(32)33)26(21)18-22(25)19-27(24)31/h5-6,8,22-25,27,31H,2-4,7,9-20H2,1H3,(H,32,33)/t22?,23?,24?,25?,27-/m1/s1. The molecule has 0 bridgehead atoms. The number of hydrogen-bond donors (Lipinski definition) is 2. The summed E-state index contributed by atoms with van der Waals surface area (Å²) in [6.07, 6.45) is 9.35. The minimum Gasteiger partial charge on any atom is -0.482 e. The zero-order valence-electron chi connectivity index (χ0n) is 21.9. The average Bonchev–Trinajstić information content (AvgIpc) is 3.18. The number of rotatable bonds is 14. The van der Waals surface area contributed by atoms with Crippen molar-refractivity contribution in [3.8, 4) is 5.75 Å². The smallest absolute Gasteiger partial charge is 0.341 e. The first-order chi connectivity index (χ1) is 17.5. The third-order valence-electron chi connectivity index (χ3n) is 8.51. The van der Waals surface area contributed by atoms with E-state index >= 15 is 0 Å². The van der Waals surface area contributed by atoms with Crippen molar-refractivity contribution in [3.05, 3.63) is 29.3 Å². The molecule has 0 amide bonds. The van der Waals surface area contributed by atoms with Gasteiger partial charge in [0.25, 0.3) is 0 Å². The lowest BCUT2D eigenvalue weighted by Crippen LogP contribution is -2.38. The van der Waals surface area contributed by atoms with E-state index in [1.54, 1.807) is 0 Å². The van der Waals surface area contributed by atoms with E-state index in [2.05, 4.69) is 17.9 Å². The predicted octanol–water partition coefficient (Wildman–Crippen LogP) is 3.94. The monoisotopic (exact) mass is 503 g/mol.